The minimum atomic E-state index is -4.37. The monoisotopic (exact) mass is 287 g/mol. The lowest BCUT2D eigenvalue weighted by atomic mass is 10.2. The largest absolute Gasteiger partial charge is 0.455 e. The maximum Gasteiger partial charge on any atom is 0.416 e. The molecular formula is C13H9ClF3NO. The molecule has 19 heavy (non-hydrogen) atoms. The molecule has 2 N–H and O–H groups in total. The molecule has 0 spiro atoms. The molecule has 6 heteroatoms. The molecule has 0 saturated carbocycles. The van der Waals surface area contributed by atoms with Crippen LogP contribution in [0.4, 0.5) is 18.9 Å². The number of nitrogen functional groups attached to an aromatic ring is 1. The standard InChI is InChI=1S/C13H9ClF3NO/c14-10-2-1-3-11(12(10)18)19-9-6-4-8(5-7-9)13(15,16)17/h1-7H,18H2. The number of benzene rings is 2. The maximum absolute atomic E-state index is 12.4. The molecule has 0 radical (unpaired) electrons. The molecule has 0 fully saturated rings. The summed E-state index contributed by atoms with van der Waals surface area (Å²) in [7, 11) is 0. The third kappa shape index (κ3) is 3.12. The number of hydrogen-bond donors (Lipinski definition) is 1. The first-order valence-corrected chi connectivity index (χ1v) is 5.65. The predicted molar refractivity (Wildman–Crippen MR) is 67.4 cm³/mol. The Hall–Kier alpha value is -1.88. The van der Waals surface area contributed by atoms with Gasteiger partial charge >= 0.3 is 6.18 Å². The zero-order chi connectivity index (χ0) is 14.0. The van der Waals surface area contributed by atoms with Crippen LogP contribution in [0.3, 0.4) is 0 Å². The summed E-state index contributed by atoms with van der Waals surface area (Å²) in [6.45, 7) is 0. The van der Waals surface area contributed by atoms with Crippen LogP contribution in [0, 0.1) is 0 Å². The van der Waals surface area contributed by atoms with Crippen LogP contribution in [0.5, 0.6) is 11.5 Å². The van der Waals surface area contributed by atoms with Gasteiger partial charge in [-0.15, -0.1) is 0 Å². The third-order valence-corrected chi connectivity index (χ3v) is 2.75. The number of ether oxygens (including phenoxy) is 1. The lowest BCUT2D eigenvalue weighted by Crippen LogP contribution is -2.04. The predicted octanol–water partition coefficient (Wildman–Crippen LogP) is 4.73. The average Bonchev–Trinajstić information content (AvgIpc) is 2.35. The number of rotatable bonds is 2. The molecule has 2 aromatic carbocycles. The highest BCUT2D eigenvalue weighted by molar-refractivity contribution is 6.33. The van der Waals surface area contributed by atoms with Crippen molar-refractivity contribution in [2.24, 2.45) is 0 Å². The maximum atomic E-state index is 12.4. The molecule has 0 atom stereocenters. The SMILES string of the molecule is Nc1c(Cl)cccc1Oc1ccc(C(F)(F)F)cc1. The van der Waals surface area contributed by atoms with E-state index in [1.54, 1.807) is 18.2 Å². The highest BCUT2D eigenvalue weighted by atomic mass is 35.5. The van der Waals surface area contributed by atoms with Crippen molar-refractivity contribution in [3.05, 3.63) is 53.1 Å². The van der Waals surface area contributed by atoms with E-state index in [9.17, 15) is 13.2 Å². The molecule has 2 nitrogen and oxygen atoms in total. The molecule has 0 bridgehead atoms. The summed E-state index contributed by atoms with van der Waals surface area (Å²) in [5, 5.41) is 0.324. The van der Waals surface area contributed by atoms with Crippen molar-refractivity contribution in [2.45, 2.75) is 6.18 Å². The normalized spacial score (nSPS) is 11.4. The fourth-order valence-electron chi connectivity index (χ4n) is 1.45. The van der Waals surface area contributed by atoms with Crippen molar-refractivity contribution in [3.8, 4) is 11.5 Å². The Morgan fingerprint density at radius 3 is 2.21 bits per heavy atom. The van der Waals surface area contributed by atoms with E-state index in [2.05, 4.69) is 0 Å². The van der Waals surface area contributed by atoms with Gasteiger partial charge in [0.15, 0.2) is 5.75 Å². The van der Waals surface area contributed by atoms with Crippen LogP contribution < -0.4 is 10.5 Å². The smallest absolute Gasteiger partial charge is 0.416 e. The minimum absolute atomic E-state index is 0.240. The van der Waals surface area contributed by atoms with Crippen molar-refractivity contribution in [1.82, 2.24) is 0 Å². The fourth-order valence-corrected chi connectivity index (χ4v) is 1.61. The number of anilines is 1. The van der Waals surface area contributed by atoms with Gasteiger partial charge in [-0.1, -0.05) is 17.7 Å². The lowest BCUT2D eigenvalue weighted by Gasteiger charge is -2.11. The summed E-state index contributed by atoms with van der Waals surface area (Å²) in [5.74, 6) is 0.550. The van der Waals surface area contributed by atoms with E-state index in [1.807, 2.05) is 0 Å². The molecular weight excluding hydrogens is 279 g/mol. The number of halogens is 4. The van der Waals surface area contributed by atoms with E-state index in [0.717, 1.165) is 12.1 Å². The molecule has 0 aliphatic heterocycles. The van der Waals surface area contributed by atoms with Crippen LogP contribution in [0.15, 0.2) is 42.5 Å². The summed E-state index contributed by atoms with van der Waals surface area (Å²) in [6, 6.07) is 9.14. The topological polar surface area (TPSA) is 35.2 Å². The summed E-state index contributed by atoms with van der Waals surface area (Å²) in [6.07, 6.45) is -4.37. The van der Waals surface area contributed by atoms with E-state index >= 15 is 0 Å². The van der Waals surface area contributed by atoms with Gasteiger partial charge in [-0.3, -0.25) is 0 Å². The summed E-state index contributed by atoms with van der Waals surface area (Å²) >= 11 is 5.81. The second-order valence-electron chi connectivity index (χ2n) is 3.78. The Morgan fingerprint density at radius 2 is 1.63 bits per heavy atom. The van der Waals surface area contributed by atoms with Crippen LogP contribution in [-0.2, 0) is 6.18 Å². The van der Waals surface area contributed by atoms with Crippen molar-refractivity contribution in [3.63, 3.8) is 0 Å². The van der Waals surface area contributed by atoms with Crippen molar-refractivity contribution < 1.29 is 17.9 Å². The molecule has 2 rings (SSSR count). The van der Waals surface area contributed by atoms with E-state index in [-0.39, 0.29) is 11.4 Å². The Labute approximate surface area is 112 Å². The van der Waals surface area contributed by atoms with Crippen LogP contribution in [0.1, 0.15) is 5.56 Å². The Bertz CT molecular complexity index is 581. The number of hydrogen-bond acceptors (Lipinski definition) is 2. The minimum Gasteiger partial charge on any atom is -0.455 e. The highest BCUT2D eigenvalue weighted by Crippen LogP contribution is 2.34. The lowest BCUT2D eigenvalue weighted by molar-refractivity contribution is -0.137. The zero-order valence-corrected chi connectivity index (χ0v) is 10.3. The van der Waals surface area contributed by atoms with E-state index in [0.29, 0.717) is 10.8 Å². The Balaban J connectivity index is 2.23. The molecule has 0 aliphatic rings. The van der Waals surface area contributed by atoms with Gasteiger partial charge in [0.2, 0.25) is 0 Å². The van der Waals surface area contributed by atoms with Gasteiger partial charge in [0.1, 0.15) is 5.75 Å². The van der Waals surface area contributed by atoms with Crippen LogP contribution in [0.2, 0.25) is 5.02 Å². The second kappa shape index (κ2) is 5.01. The van der Waals surface area contributed by atoms with E-state index in [1.165, 1.54) is 12.1 Å². The van der Waals surface area contributed by atoms with E-state index < -0.39 is 11.7 Å². The van der Waals surface area contributed by atoms with Crippen molar-refractivity contribution in [2.75, 3.05) is 5.73 Å². The van der Waals surface area contributed by atoms with Gasteiger partial charge in [-0.2, -0.15) is 13.2 Å². The molecule has 0 amide bonds. The first-order chi connectivity index (χ1) is 8.88. The van der Waals surface area contributed by atoms with E-state index in [4.69, 9.17) is 22.1 Å². The molecule has 0 aliphatic carbocycles. The van der Waals surface area contributed by atoms with Crippen LogP contribution in [0.25, 0.3) is 0 Å². The van der Waals surface area contributed by atoms with Crippen LogP contribution >= 0.6 is 11.6 Å². The summed E-state index contributed by atoms with van der Waals surface area (Å²) < 4.78 is 42.5. The van der Waals surface area contributed by atoms with Gasteiger partial charge in [0, 0.05) is 0 Å². The summed E-state index contributed by atoms with van der Waals surface area (Å²) in [4.78, 5) is 0. The van der Waals surface area contributed by atoms with Gasteiger partial charge < -0.3 is 10.5 Å². The first kappa shape index (κ1) is 13.5. The molecule has 100 valence electrons. The van der Waals surface area contributed by atoms with Crippen molar-refractivity contribution in [1.29, 1.82) is 0 Å². The highest BCUT2D eigenvalue weighted by Gasteiger charge is 2.30. The molecule has 0 saturated heterocycles. The summed E-state index contributed by atoms with van der Waals surface area (Å²) in [5.41, 5.74) is 5.20. The van der Waals surface area contributed by atoms with Gasteiger partial charge in [-0.05, 0) is 36.4 Å². The Morgan fingerprint density at radius 1 is 1.00 bits per heavy atom. The quantitative estimate of drug-likeness (QED) is 0.810. The zero-order valence-electron chi connectivity index (χ0n) is 9.54. The molecule has 0 unspecified atom stereocenters. The second-order valence-corrected chi connectivity index (χ2v) is 4.18. The van der Waals surface area contributed by atoms with Gasteiger partial charge in [0.05, 0.1) is 16.3 Å². The molecule has 0 heterocycles. The van der Waals surface area contributed by atoms with Crippen LogP contribution in [-0.4, -0.2) is 0 Å². The van der Waals surface area contributed by atoms with Gasteiger partial charge in [-0.25, -0.2) is 0 Å². The first-order valence-electron chi connectivity index (χ1n) is 5.27. The number of nitrogens with two attached hydrogens (primary N) is 1. The average molecular weight is 288 g/mol. The fraction of sp³-hybridized carbons (Fsp3) is 0.0769. The Kier molecular flexibility index (Phi) is 3.57. The molecule has 0 aromatic heterocycles. The number of alkyl halides is 3. The molecule has 2 aromatic rings. The van der Waals surface area contributed by atoms with Crippen molar-refractivity contribution >= 4 is 17.3 Å². The number of para-hydroxylation sites is 1. The van der Waals surface area contributed by atoms with Gasteiger partial charge in [0.25, 0.3) is 0 Å². The third-order valence-electron chi connectivity index (χ3n) is 2.42.